The molecule has 0 aliphatic heterocycles. The maximum absolute atomic E-state index is 11.1. The van der Waals surface area contributed by atoms with E-state index in [1.165, 1.54) is 0 Å². The molecule has 0 unspecified atom stereocenters. The quantitative estimate of drug-likeness (QED) is 0.552. The summed E-state index contributed by atoms with van der Waals surface area (Å²) in [6, 6.07) is -1.45. The zero-order chi connectivity index (χ0) is 10.4. The predicted octanol–water partition coefficient (Wildman–Crippen LogP) is -0.297. The van der Waals surface area contributed by atoms with E-state index in [0.29, 0.717) is 12.8 Å². The highest BCUT2D eigenvalue weighted by Crippen LogP contribution is 1.93. The minimum Gasteiger partial charge on any atom is -0.480 e. The number of amides is 1. The summed E-state index contributed by atoms with van der Waals surface area (Å²) < 4.78 is 0. The molecule has 0 aromatic rings. The molecule has 0 aromatic carbocycles. The van der Waals surface area contributed by atoms with Gasteiger partial charge in [0.1, 0.15) is 6.04 Å². The Bertz CT molecular complexity index is 194. The second-order valence-electron chi connectivity index (χ2n) is 2.82. The summed E-state index contributed by atoms with van der Waals surface area (Å²) in [5.74, 6) is -1.43. The standard InChI is InChI=1S/C8H16N2O3/c1-3-5(9)7(11)10-6(4-2)8(12)13/h5-6H,3-4,9H2,1-2H3,(H,10,11)(H,12,13)/t5-,6+/m1/s1. The molecular weight excluding hydrogens is 172 g/mol. The largest absolute Gasteiger partial charge is 0.480 e. The van der Waals surface area contributed by atoms with Crippen LogP contribution in [0.1, 0.15) is 26.7 Å². The Kier molecular flexibility index (Phi) is 5.06. The summed E-state index contributed by atoms with van der Waals surface area (Å²) in [4.78, 5) is 21.7. The molecule has 0 spiro atoms. The van der Waals surface area contributed by atoms with Crippen molar-refractivity contribution in [1.29, 1.82) is 0 Å². The molecule has 76 valence electrons. The van der Waals surface area contributed by atoms with Crippen molar-refractivity contribution in [2.75, 3.05) is 0 Å². The number of hydrogen-bond acceptors (Lipinski definition) is 3. The van der Waals surface area contributed by atoms with Gasteiger partial charge in [-0.05, 0) is 12.8 Å². The molecule has 0 aliphatic rings. The van der Waals surface area contributed by atoms with E-state index >= 15 is 0 Å². The second-order valence-corrected chi connectivity index (χ2v) is 2.82. The van der Waals surface area contributed by atoms with E-state index in [0.717, 1.165) is 0 Å². The molecular formula is C8H16N2O3. The molecule has 4 N–H and O–H groups in total. The van der Waals surface area contributed by atoms with Gasteiger partial charge < -0.3 is 16.2 Å². The number of carbonyl (C=O) groups excluding carboxylic acids is 1. The molecule has 0 aliphatic carbocycles. The average molecular weight is 188 g/mol. The molecule has 13 heavy (non-hydrogen) atoms. The van der Waals surface area contributed by atoms with Crippen molar-refractivity contribution in [3.05, 3.63) is 0 Å². The third-order valence-corrected chi connectivity index (χ3v) is 1.80. The molecule has 5 nitrogen and oxygen atoms in total. The first-order chi connectivity index (χ1) is 6.02. The Morgan fingerprint density at radius 2 is 1.92 bits per heavy atom. The van der Waals surface area contributed by atoms with Crippen LogP contribution in [0, 0.1) is 0 Å². The lowest BCUT2D eigenvalue weighted by molar-refractivity contribution is -0.142. The molecule has 0 aromatic heterocycles. The first-order valence-corrected chi connectivity index (χ1v) is 4.31. The number of carbonyl (C=O) groups is 2. The summed E-state index contributed by atoms with van der Waals surface area (Å²) in [5, 5.41) is 11.0. The first kappa shape index (κ1) is 11.9. The van der Waals surface area contributed by atoms with Gasteiger partial charge >= 0.3 is 5.97 Å². The lowest BCUT2D eigenvalue weighted by atomic mass is 10.2. The monoisotopic (exact) mass is 188 g/mol. The van der Waals surface area contributed by atoms with Crippen molar-refractivity contribution in [1.82, 2.24) is 5.32 Å². The number of carboxylic acid groups (broad SMARTS) is 1. The number of nitrogens with one attached hydrogen (secondary N) is 1. The predicted molar refractivity (Wildman–Crippen MR) is 48.1 cm³/mol. The number of carboxylic acids is 1. The fourth-order valence-electron chi connectivity index (χ4n) is 0.803. The van der Waals surface area contributed by atoms with Crippen LogP contribution in [0.5, 0.6) is 0 Å². The van der Waals surface area contributed by atoms with E-state index in [1.807, 2.05) is 0 Å². The van der Waals surface area contributed by atoms with Gasteiger partial charge in [-0.2, -0.15) is 0 Å². The van der Waals surface area contributed by atoms with Crippen LogP contribution in [-0.4, -0.2) is 29.1 Å². The van der Waals surface area contributed by atoms with Crippen LogP contribution in [0.2, 0.25) is 0 Å². The van der Waals surface area contributed by atoms with Crippen LogP contribution >= 0.6 is 0 Å². The Hall–Kier alpha value is -1.10. The van der Waals surface area contributed by atoms with Gasteiger partial charge in [0.15, 0.2) is 0 Å². The van der Waals surface area contributed by atoms with E-state index in [-0.39, 0.29) is 0 Å². The zero-order valence-electron chi connectivity index (χ0n) is 7.91. The second kappa shape index (κ2) is 5.53. The molecule has 5 heteroatoms. The van der Waals surface area contributed by atoms with Gasteiger partial charge in [-0.25, -0.2) is 4.79 Å². The van der Waals surface area contributed by atoms with Gasteiger partial charge in [-0.3, -0.25) is 4.79 Å². The highest BCUT2D eigenvalue weighted by atomic mass is 16.4. The van der Waals surface area contributed by atoms with Gasteiger partial charge in [0, 0.05) is 0 Å². The van der Waals surface area contributed by atoms with Crippen molar-refractivity contribution < 1.29 is 14.7 Å². The van der Waals surface area contributed by atoms with Crippen LogP contribution < -0.4 is 11.1 Å². The third-order valence-electron chi connectivity index (χ3n) is 1.80. The Morgan fingerprint density at radius 1 is 1.38 bits per heavy atom. The number of nitrogens with two attached hydrogens (primary N) is 1. The minimum atomic E-state index is -1.03. The van der Waals surface area contributed by atoms with Gasteiger partial charge in [-0.1, -0.05) is 13.8 Å². The van der Waals surface area contributed by atoms with Crippen molar-refractivity contribution in [3.63, 3.8) is 0 Å². The number of rotatable bonds is 5. The summed E-state index contributed by atoms with van der Waals surface area (Å²) in [6.45, 7) is 3.46. The molecule has 0 rings (SSSR count). The lowest BCUT2D eigenvalue weighted by Crippen LogP contribution is -2.47. The van der Waals surface area contributed by atoms with Gasteiger partial charge in [0.05, 0.1) is 6.04 Å². The molecule has 0 saturated heterocycles. The van der Waals surface area contributed by atoms with Crippen LogP contribution in [0.4, 0.5) is 0 Å². The SMILES string of the molecule is CC[C@@H](N)C(=O)N[C@@H](CC)C(=O)O. The molecule has 0 saturated carbocycles. The fraction of sp³-hybridized carbons (Fsp3) is 0.750. The lowest BCUT2D eigenvalue weighted by Gasteiger charge is -2.15. The summed E-state index contributed by atoms with van der Waals surface area (Å²) in [7, 11) is 0. The fourth-order valence-corrected chi connectivity index (χ4v) is 0.803. The van der Waals surface area contributed by atoms with Crippen LogP contribution in [-0.2, 0) is 9.59 Å². The van der Waals surface area contributed by atoms with Crippen molar-refractivity contribution in [3.8, 4) is 0 Å². The molecule has 0 radical (unpaired) electrons. The van der Waals surface area contributed by atoms with Crippen molar-refractivity contribution in [2.45, 2.75) is 38.8 Å². The Balaban J connectivity index is 4.09. The van der Waals surface area contributed by atoms with Crippen LogP contribution in [0.15, 0.2) is 0 Å². The van der Waals surface area contributed by atoms with Crippen LogP contribution in [0.25, 0.3) is 0 Å². The Morgan fingerprint density at radius 3 is 2.23 bits per heavy atom. The van der Waals surface area contributed by atoms with E-state index in [4.69, 9.17) is 10.8 Å². The first-order valence-electron chi connectivity index (χ1n) is 4.31. The summed E-state index contributed by atoms with van der Waals surface area (Å²) in [6.07, 6.45) is 0.861. The average Bonchev–Trinajstić information content (AvgIpc) is 2.11. The van der Waals surface area contributed by atoms with Crippen molar-refractivity contribution >= 4 is 11.9 Å². The van der Waals surface area contributed by atoms with E-state index in [2.05, 4.69) is 5.32 Å². The highest BCUT2D eigenvalue weighted by molar-refractivity contribution is 5.86. The maximum atomic E-state index is 11.1. The van der Waals surface area contributed by atoms with Crippen molar-refractivity contribution in [2.24, 2.45) is 5.73 Å². The zero-order valence-corrected chi connectivity index (χ0v) is 7.91. The van der Waals surface area contributed by atoms with Gasteiger partial charge in [-0.15, -0.1) is 0 Å². The van der Waals surface area contributed by atoms with Gasteiger partial charge in [0.2, 0.25) is 5.91 Å². The highest BCUT2D eigenvalue weighted by Gasteiger charge is 2.20. The minimum absolute atomic E-state index is 0.359. The molecule has 1 amide bonds. The Labute approximate surface area is 77.3 Å². The molecule has 0 heterocycles. The number of aliphatic carboxylic acids is 1. The topological polar surface area (TPSA) is 92.4 Å². The van der Waals surface area contributed by atoms with E-state index in [9.17, 15) is 9.59 Å². The summed E-state index contributed by atoms with van der Waals surface area (Å²) in [5.41, 5.74) is 5.41. The van der Waals surface area contributed by atoms with E-state index < -0.39 is 24.0 Å². The van der Waals surface area contributed by atoms with Crippen LogP contribution in [0.3, 0.4) is 0 Å². The van der Waals surface area contributed by atoms with Gasteiger partial charge in [0.25, 0.3) is 0 Å². The van der Waals surface area contributed by atoms with E-state index in [1.54, 1.807) is 13.8 Å². The normalized spacial score (nSPS) is 14.7. The molecule has 2 atom stereocenters. The molecule has 0 fully saturated rings. The summed E-state index contributed by atoms with van der Waals surface area (Å²) >= 11 is 0. The smallest absolute Gasteiger partial charge is 0.326 e. The third kappa shape index (κ3) is 3.89. The number of hydrogen-bond donors (Lipinski definition) is 3. The maximum Gasteiger partial charge on any atom is 0.326 e. The molecule has 0 bridgehead atoms.